The summed E-state index contributed by atoms with van der Waals surface area (Å²) in [4.78, 5) is 13.5. The van der Waals surface area contributed by atoms with Gasteiger partial charge in [0.2, 0.25) is 0 Å². The van der Waals surface area contributed by atoms with Crippen LogP contribution in [0, 0.1) is 0 Å². The first-order valence-corrected chi connectivity index (χ1v) is 7.23. The van der Waals surface area contributed by atoms with Crippen LogP contribution in [0.3, 0.4) is 0 Å². The van der Waals surface area contributed by atoms with Gasteiger partial charge >= 0.3 is 5.97 Å². The van der Waals surface area contributed by atoms with E-state index >= 15 is 0 Å². The van der Waals surface area contributed by atoms with E-state index in [1.807, 2.05) is 0 Å². The molecule has 0 spiro atoms. The van der Waals surface area contributed by atoms with Crippen molar-refractivity contribution in [1.82, 2.24) is 4.90 Å². The van der Waals surface area contributed by atoms with Gasteiger partial charge in [-0.3, -0.25) is 0 Å². The van der Waals surface area contributed by atoms with E-state index in [9.17, 15) is 4.79 Å². The number of likely N-dealkylation sites (tertiary alicyclic amines) is 1. The van der Waals surface area contributed by atoms with Crippen LogP contribution in [0.15, 0.2) is 22.7 Å². The number of rotatable bonds is 4. The number of likely N-dealkylation sites (N-methyl/N-ethyl adjacent to an activating group) is 1. The predicted molar refractivity (Wildman–Crippen MR) is 76.9 cm³/mol. The van der Waals surface area contributed by atoms with E-state index in [0.717, 1.165) is 17.4 Å². The Balaban J connectivity index is 2.04. The van der Waals surface area contributed by atoms with Crippen LogP contribution in [0.4, 0.5) is 0 Å². The van der Waals surface area contributed by atoms with Crippen molar-refractivity contribution in [2.24, 2.45) is 0 Å². The Hall–Kier alpha value is -1.07. The molecule has 1 saturated heterocycles. The second-order valence-corrected chi connectivity index (χ2v) is 5.80. The van der Waals surface area contributed by atoms with E-state index < -0.39 is 5.97 Å². The number of benzene rings is 1. The molecule has 5 heteroatoms. The lowest BCUT2D eigenvalue weighted by Gasteiger charge is -2.32. The fourth-order valence-electron chi connectivity index (χ4n) is 2.34. The van der Waals surface area contributed by atoms with Gasteiger partial charge in [-0.05, 0) is 44.6 Å². The van der Waals surface area contributed by atoms with Crippen LogP contribution in [-0.2, 0) is 0 Å². The highest BCUT2D eigenvalue weighted by molar-refractivity contribution is 9.10. The molecule has 1 N–H and O–H groups in total. The molecule has 0 aliphatic carbocycles. The first-order valence-electron chi connectivity index (χ1n) is 6.44. The summed E-state index contributed by atoms with van der Waals surface area (Å²) in [5.41, 5.74) is 0.202. The average Bonchev–Trinajstić information content (AvgIpc) is 2.38. The molecule has 104 valence electrons. The summed E-state index contributed by atoms with van der Waals surface area (Å²) < 4.78 is 6.46. The fraction of sp³-hybridized carbons (Fsp3) is 0.500. The van der Waals surface area contributed by atoms with Gasteiger partial charge in [-0.25, -0.2) is 4.79 Å². The number of hydrogen-bond acceptors (Lipinski definition) is 3. The first kappa shape index (κ1) is 14.3. The maximum Gasteiger partial charge on any atom is 0.339 e. The van der Waals surface area contributed by atoms with Crippen molar-refractivity contribution in [2.45, 2.75) is 25.3 Å². The average molecular weight is 328 g/mol. The number of ether oxygens (including phenoxy) is 1. The second kappa shape index (κ2) is 6.39. The summed E-state index contributed by atoms with van der Waals surface area (Å²) >= 11 is 3.27. The van der Waals surface area contributed by atoms with Crippen molar-refractivity contribution in [3.63, 3.8) is 0 Å². The van der Waals surface area contributed by atoms with Gasteiger partial charge in [-0.15, -0.1) is 0 Å². The third-order valence-corrected chi connectivity index (χ3v) is 4.02. The highest BCUT2D eigenvalue weighted by Gasteiger charge is 2.20. The third kappa shape index (κ3) is 3.70. The minimum absolute atomic E-state index is 0.202. The molecule has 4 nitrogen and oxygen atoms in total. The number of carbonyl (C=O) groups is 1. The van der Waals surface area contributed by atoms with Gasteiger partial charge in [0.1, 0.15) is 17.9 Å². The lowest BCUT2D eigenvalue weighted by Crippen LogP contribution is -2.40. The van der Waals surface area contributed by atoms with E-state index in [2.05, 4.69) is 27.9 Å². The van der Waals surface area contributed by atoms with E-state index in [-0.39, 0.29) is 5.56 Å². The number of carboxylic acids is 1. The number of carboxylic acid groups (broad SMARTS) is 1. The molecule has 1 heterocycles. The van der Waals surface area contributed by atoms with Crippen LogP contribution < -0.4 is 4.74 Å². The van der Waals surface area contributed by atoms with Crippen molar-refractivity contribution in [3.05, 3.63) is 28.2 Å². The zero-order valence-electron chi connectivity index (χ0n) is 10.9. The molecule has 1 unspecified atom stereocenters. The van der Waals surface area contributed by atoms with Crippen LogP contribution in [0.25, 0.3) is 0 Å². The summed E-state index contributed by atoms with van der Waals surface area (Å²) in [7, 11) is 2.09. The number of hydrogen-bond donors (Lipinski definition) is 1. The van der Waals surface area contributed by atoms with Gasteiger partial charge in [0.05, 0.1) is 0 Å². The summed E-state index contributed by atoms with van der Waals surface area (Å²) in [6.07, 6.45) is 3.55. The standard InChI is InChI=1S/C14H18BrNO3/c1-16-7-3-2-4-11(16)9-19-13-6-5-10(15)8-12(13)14(17)18/h5-6,8,11H,2-4,7,9H2,1H3,(H,17,18). The number of aromatic carboxylic acids is 1. The zero-order valence-corrected chi connectivity index (χ0v) is 12.5. The van der Waals surface area contributed by atoms with E-state index in [1.54, 1.807) is 18.2 Å². The van der Waals surface area contributed by atoms with E-state index in [0.29, 0.717) is 18.4 Å². The Morgan fingerprint density at radius 2 is 2.32 bits per heavy atom. The van der Waals surface area contributed by atoms with E-state index in [1.165, 1.54) is 12.8 Å². The Bertz CT molecular complexity index is 464. The van der Waals surface area contributed by atoms with Crippen LogP contribution in [-0.4, -0.2) is 42.2 Å². The molecule has 2 rings (SSSR count). The molecule has 1 aromatic carbocycles. The normalized spacial score (nSPS) is 20.2. The molecule has 0 bridgehead atoms. The Kier molecular flexibility index (Phi) is 4.82. The maximum atomic E-state index is 11.2. The van der Waals surface area contributed by atoms with Gasteiger partial charge in [0, 0.05) is 10.5 Å². The largest absolute Gasteiger partial charge is 0.491 e. The molecular weight excluding hydrogens is 310 g/mol. The zero-order chi connectivity index (χ0) is 13.8. The van der Waals surface area contributed by atoms with Crippen LogP contribution in [0.1, 0.15) is 29.6 Å². The number of halogens is 1. The summed E-state index contributed by atoms with van der Waals surface area (Å²) in [6, 6.07) is 5.45. The van der Waals surface area contributed by atoms with Gasteiger partial charge in [-0.2, -0.15) is 0 Å². The quantitative estimate of drug-likeness (QED) is 0.923. The van der Waals surface area contributed by atoms with Crippen molar-refractivity contribution >= 4 is 21.9 Å². The molecule has 1 fully saturated rings. The molecule has 19 heavy (non-hydrogen) atoms. The molecular formula is C14H18BrNO3. The first-order chi connectivity index (χ1) is 9.08. The van der Waals surface area contributed by atoms with Gasteiger partial charge in [0.15, 0.2) is 0 Å². The van der Waals surface area contributed by atoms with Crippen LogP contribution in [0.2, 0.25) is 0 Å². The van der Waals surface area contributed by atoms with Gasteiger partial charge in [0.25, 0.3) is 0 Å². The predicted octanol–water partition coefficient (Wildman–Crippen LogP) is 3.01. The Morgan fingerprint density at radius 3 is 3.00 bits per heavy atom. The van der Waals surface area contributed by atoms with Crippen LogP contribution in [0.5, 0.6) is 5.75 Å². The molecule has 0 aromatic heterocycles. The van der Waals surface area contributed by atoms with Crippen molar-refractivity contribution < 1.29 is 14.6 Å². The lowest BCUT2D eigenvalue weighted by atomic mass is 10.0. The summed E-state index contributed by atoms with van der Waals surface area (Å²) in [5, 5.41) is 9.17. The summed E-state index contributed by atoms with van der Waals surface area (Å²) in [6.45, 7) is 1.62. The van der Waals surface area contributed by atoms with Crippen LogP contribution >= 0.6 is 15.9 Å². The SMILES string of the molecule is CN1CCCCC1COc1ccc(Br)cc1C(=O)O. The summed E-state index contributed by atoms with van der Waals surface area (Å²) in [5.74, 6) is -0.525. The third-order valence-electron chi connectivity index (χ3n) is 3.52. The lowest BCUT2D eigenvalue weighted by molar-refractivity contribution is 0.0688. The highest BCUT2D eigenvalue weighted by Crippen LogP contribution is 2.24. The molecule has 1 aromatic rings. The highest BCUT2D eigenvalue weighted by atomic mass is 79.9. The number of nitrogens with zero attached hydrogens (tertiary/aromatic N) is 1. The second-order valence-electron chi connectivity index (χ2n) is 4.89. The molecule has 1 aliphatic rings. The minimum Gasteiger partial charge on any atom is -0.491 e. The van der Waals surface area contributed by atoms with Crippen molar-refractivity contribution in [2.75, 3.05) is 20.2 Å². The Morgan fingerprint density at radius 1 is 1.53 bits per heavy atom. The van der Waals surface area contributed by atoms with Gasteiger partial charge < -0.3 is 14.7 Å². The molecule has 0 radical (unpaired) electrons. The van der Waals surface area contributed by atoms with Crippen molar-refractivity contribution in [1.29, 1.82) is 0 Å². The van der Waals surface area contributed by atoms with E-state index in [4.69, 9.17) is 9.84 Å². The molecule has 1 aliphatic heterocycles. The Labute approximate surface area is 121 Å². The fourth-order valence-corrected chi connectivity index (χ4v) is 2.70. The molecule has 0 saturated carbocycles. The van der Waals surface area contributed by atoms with Crippen molar-refractivity contribution in [3.8, 4) is 5.75 Å². The maximum absolute atomic E-state index is 11.2. The van der Waals surface area contributed by atoms with Gasteiger partial charge in [-0.1, -0.05) is 22.4 Å². The number of piperidine rings is 1. The molecule has 0 amide bonds. The molecule has 1 atom stereocenters. The smallest absolute Gasteiger partial charge is 0.339 e. The monoisotopic (exact) mass is 327 g/mol. The topological polar surface area (TPSA) is 49.8 Å². The minimum atomic E-state index is -0.965.